The molecule has 0 radical (unpaired) electrons. The van der Waals surface area contributed by atoms with Crippen LogP contribution in [0.1, 0.15) is 13.8 Å². The van der Waals surface area contributed by atoms with Gasteiger partial charge in [-0.3, -0.25) is 4.79 Å². The van der Waals surface area contributed by atoms with Crippen LogP contribution < -0.4 is 4.90 Å². The van der Waals surface area contributed by atoms with Gasteiger partial charge in [0.15, 0.2) is 5.82 Å². The van der Waals surface area contributed by atoms with Gasteiger partial charge in [-0.05, 0) is 13.8 Å². The summed E-state index contributed by atoms with van der Waals surface area (Å²) in [7, 11) is 1.31. The van der Waals surface area contributed by atoms with Crippen LogP contribution in [-0.4, -0.2) is 35.6 Å². The van der Waals surface area contributed by atoms with E-state index in [4.69, 9.17) is 0 Å². The van der Waals surface area contributed by atoms with E-state index >= 15 is 0 Å². The SMILES string of the molecule is COC(=O)CN(c1ncc(F)cn1)C(C)C. The molecule has 0 aliphatic rings. The molecule has 1 heterocycles. The average molecular weight is 227 g/mol. The van der Waals surface area contributed by atoms with Crippen molar-refractivity contribution in [3.63, 3.8) is 0 Å². The smallest absolute Gasteiger partial charge is 0.325 e. The molecule has 0 atom stereocenters. The number of nitrogens with zero attached hydrogens (tertiary/aromatic N) is 3. The first kappa shape index (κ1) is 12.4. The van der Waals surface area contributed by atoms with Gasteiger partial charge in [0, 0.05) is 6.04 Å². The molecule has 5 nitrogen and oxygen atoms in total. The third-order valence-corrected chi connectivity index (χ3v) is 2.01. The van der Waals surface area contributed by atoms with Crippen molar-refractivity contribution in [1.82, 2.24) is 9.97 Å². The highest BCUT2D eigenvalue weighted by atomic mass is 19.1. The zero-order chi connectivity index (χ0) is 12.1. The molecular formula is C10H14FN3O2. The molecule has 88 valence electrons. The average Bonchev–Trinajstić information content (AvgIpc) is 2.26. The first-order chi connectivity index (χ1) is 7.54. The summed E-state index contributed by atoms with van der Waals surface area (Å²) in [5, 5.41) is 0. The van der Waals surface area contributed by atoms with Crippen LogP contribution in [0.15, 0.2) is 12.4 Å². The largest absolute Gasteiger partial charge is 0.468 e. The van der Waals surface area contributed by atoms with E-state index in [0.717, 1.165) is 12.4 Å². The molecule has 0 N–H and O–H groups in total. The number of anilines is 1. The first-order valence-corrected chi connectivity index (χ1v) is 4.85. The maximum absolute atomic E-state index is 12.6. The molecule has 0 aromatic carbocycles. The molecule has 1 aromatic heterocycles. The van der Waals surface area contributed by atoms with Crippen molar-refractivity contribution in [3.8, 4) is 0 Å². The number of carbonyl (C=O) groups is 1. The fourth-order valence-electron chi connectivity index (χ4n) is 1.14. The topological polar surface area (TPSA) is 55.3 Å². The quantitative estimate of drug-likeness (QED) is 0.718. The maximum Gasteiger partial charge on any atom is 0.325 e. The van der Waals surface area contributed by atoms with E-state index in [2.05, 4.69) is 14.7 Å². The van der Waals surface area contributed by atoms with Crippen LogP contribution in [0, 0.1) is 5.82 Å². The minimum atomic E-state index is -0.509. The molecule has 0 aliphatic carbocycles. The van der Waals surface area contributed by atoms with Gasteiger partial charge in [-0.1, -0.05) is 0 Å². The van der Waals surface area contributed by atoms with Crippen molar-refractivity contribution >= 4 is 11.9 Å². The lowest BCUT2D eigenvalue weighted by molar-refractivity contribution is -0.139. The molecule has 0 unspecified atom stereocenters. The molecule has 16 heavy (non-hydrogen) atoms. The molecule has 0 saturated heterocycles. The Morgan fingerprint density at radius 3 is 2.50 bits per heavy atom. The molecule has 1 aromatic rings. The Hall–Kier alpha value is -1.72. The highest BCUT2D eigenvalue weighted by molar-refractivity contribution is 5.74. The highest BCUT2D eigenvalue weighted by Gasteiger charge is 2.17. The number of halogens is 1. The molecule has 0 aliphatic heterocycles. The Balaban J connectivity index is 2.85. The number of rotatable bonds is 4. The molecule has 1 rings (SSSR count). The number of methoxy groups -OCH3 is 1. The first-order valence-electron chi connectivity index (χ1n) is 4.85. The van der Waals surface area contributed by atoms with E-state index in [0.29, 0.717) is 5.95 Å². The summed E-state index contributed by atoms with van der Waals surface area (Å²) in [4.78, 5) is 20.4. The predicted molar refractivity (Wildman–Crippen MR) is 56.5 cm³/mol. The highest BCUT2D eigenvalue weighted by Crippen LogP contribution is 2.10. The van der Waals surface area contributed by atoms with Gasteiger partial charge in [0.1, 0.15) is 6.54 Å². The zero-order valence-corrected chi connectivity index (χ0v) is 9.48. The normalized spacial score (nSPS) is 10.3. The summed E-state index contributed by atoms with van der Waals surface area (Å²) in [5.41, 5.74) is 0. The number of carbonyl (C=O) groups excluding carboxylic acids is 1. The van der Waals surface area contributed by atoms with Crippen LogP contribution in [0.25, 0.3) is 0 Å². The van der Waals surface area contributed by atoms with E-state index in [-0.39, 0.29) is 18.6 Å². The van der Waals surface area contributed by atoms with Crippen LogP contribution in [0.3, 0.4) is 0 Å². The van der Waals surface area contributed by atoms with Crippen molar-refractivity contribution in [2.75, 3.05) is 18.6 Å². The third-order valence-electron chi connectivity index (χ3n) is 2.01. The molecule has 0 amide bonds. The van der Waals surface area contributed by atoms with Gasteiger partial charge in [0.25, 0.3) is 0 Å². The summed E-state index contributed by atoms with van der Waals surface area (Å²) in [6, 6.07) is 0.0181. The molecule has 0 fully saturated rings. The van der Waals surface area contributed by atoms with Crippen LogP contribution >= 0.6 is 0 Å². The number of aromatic nitrogens is 2. The summed E-state index contributed by atoms with van der Waals surface area (Å²) in [6.45, 7) is 3.81. The maximum atomic E-state index is 12.6. The van der Waals surface area contributed by atoms with E-state index in [9.17, 15) is 9.18 Å². The van der Waals surface area contributed by atoms with Gasteiger partial charge in [0.05, 0.1) is 19.5 Å². The summed E-state index contributed by atoms with van der Waals surface area (Å²) in [6.07, 6.45) is 2.13. The Labute approximate surface area is 93.3 Å². The van der Waals surface area contributed by atoms with Gasteiger partial charge >= 0.3 is 5.97 Å². The number of hydrogen-bond acceptors (Lipinski definition) is 5. The Morgan fingerprint density at radius 2 is 2.06 bits per heavy atom. The minimum absolute atomic E-state index is 0.0181. The lowest BCUT2D eigenvalue weighted by atomic mass is 10.3. The van der Waals surface area contributed by atoms with Crippen molar-refractivity contribution in [1.29, 1.82) is 0 Å². The second-order valence-corrected chi connectivity index (χ2v) is 3.50. The lowest BCUT2D eigenvalue weighted by Crippen LogP contribution is -2.37. The molecule has 0 bridgehead atoms. The monoisotopic (exact) mass is 227 g/mol. The fraction of sp³-hybridized carbons (Fsp3) is 0.500. The number of hydrogen-bond donors (Lipinski definition) is 0. The van der Waals surface area contributed by atoms with Crippen molar-refractivity contribution in [3.05, 3.63) is 18.2 Å². The van der Waals surface area contributed by atoms with Crippen LogP contribution in [0.2, 0.25) is 0 Å². The van der Waals surface area contributed by atoms with E-state index in [1.165, 1.54) is 7.11 Å². The van der Waals surface area contributed by atoms with Crippen LogP contribution in [-0.2, 0) is 9.53 Å². The third kappa shape index (κ3) is 3.15. The van der Waals surface area contributed by atoms with Crippen LogP contribution in [0.4, 0.5) is 10.3 Å². The summed E-state index contributed by atoms with van der Waals surface area (Å²) >= 11 is 0. The molecular weight excluding hydrogens is 213 g/mol. The second kappa shape index (κ2) is 5.39. The predicted octanol–water partition coefficient (Wildman–Crippen LogP) is 1.00. The van der Waals surface area contributed by atoms with Crippen LogP contribution in [0.5, 0.6) is 0 Å². The molecule has 0 spiro atoms. The minimum Gasteiger partial charge on any atom is -0.468 e. The van der Waals surface area contributed by atoms with E-state index in [1.807, 2.05) is 13.8 Å². The Kier molecular flexibility index (Phi) is 4.16. The van der Waals surface area contributed by atoms with Gasteiger partial charge in [-0.25, -0.2) is 14.4 Å². The molecule has 0 saturated carbocycles. The Bertz CT molecular complexity index is 354. The van der Waals surface area contributed by atoms with Crippen molar-refractivity contribution in [2.45, 2.75) is 19.9 Å². The number of ether oxygens (including phenoxy) is 1. The van der Waals surface area contributed by atoms with Gasteiger partial charge in [-0.2, -0.15) is 0 Å². The summed E-state index contributed by atoms with van der Waals surface area (Å²) in [5.74, 6) is -0.589. The molecule has 6 heteroatoms. The summed E-state index contributed by atoms with van der Waals surface area (Å²) < 4.78 is 17.2. The van der Waals surface area contributed by atoms with Crippen molar-refractivity contribution < 1.29 is 13.9 Å². The number of esters is 1. The fourth-order valence-corrected chi connectivity index (χ4v) is 1.14. The van der Waals surface area contributed by atoms with Gasteiger partial charge in [-0.15, -0.1) is 0 Å². The lowest BCUT2D eigenvalue weighted by Gasteiger charge is -2.24. The second-order valence-electron chi connectivity index (χ2n) is 3.50. The standard InChI is InChI=1S/C10H14FN3O2/c1-7(2)14(6-9(15)16-3)10-12-4-8(11)5-13-10/h4-5,7H,6H2,1-3H3. The van der Waals surface area contributed by atoms with Gasteiger partial charge < -0.3 is 9.64 Å². The van der Waals surface area contributed by atoms with E-state index < -0.39 is 5.82 Å². The van der Waals surface area contributed by atoms with Crippen molar-refractivity contribution in [2.24, 2.45) is 0 Å². The van der Waals surface area contributed by atoms with E-state index in [1.54, 1.807) is 4.90 Å². The van der Waals surface area contributed by atoms with Gasteiger partial charge in [0.2, 0.25) is 5.95 Å². The zero-order valence-electron chi connectivity index (χ0n) is 9.48. The Morgan fingerprint density at radius 1 is 1.50 bits per heavy atom.